The average Bonchev–Trinajstić information content (AvgIpc) is 3.03. The first-order valence-corrected chi connectivity index (χ1v) is 10.1. The van der Waals surface area contributed by atoms with Crippen molar-refractivity contribution in [2.45, 2.75) is 24.4 Å². The first-order valence-electron chi connectivity index (χ1n) is 8.21. The molecule has 0 bridgehead atoms. The van der Waals surface area contributed by atoms with E-state index in [4.69, 9.17) is 16.7 Å². The normalized spacial score (nSPS) is 12.4. The highest BCUT2D eigenvalue weighted by Gasteiger charge is 2.39. The molecule has 0 atom stereocenters. The van der Waals surface area contributed by atoms with Crippen LogP contribution in [0.5, 0.6) is 0 Å². The van der Waals surface area contributed by atoms with Crippen molar-refractivity contribution in [3.63, 3.8) is 0 Å². The smallest absolute Gasteiger partial charge is 0.232 e. The number of rotatable bonds is 4. The van der Waals surface area contributed by atoms with E-state index in [0.29, 0.717) is 0 Å². The number of nitrogens with zero attached hydrogens (tertiary/aromatic N) is 2. The maximum Gasteiger partial charge on any atom is 0.435 e. The van der Waals surface area contributed by atoms with Gasteiger partial charge in [-0.2, -0.15) is 18.3 Å². The molecule has 0 fully saturated rings. The fourth-order valence-corrected chi connectivity index (χ4v) is 3.55. The lowest BCUT2D eigenvalue weighted by molar-refractivity contribution is -0.141. The van der Waals surface area contributed by atoms with Crippen LogP contribution in [0.1, 0.15) is 18.2 Å². The van der Waals surface area contributed by atoms with Gasteiger partial charge in [-0.05, 0) is 42.8 Å². The van der Waals surface area contributed by atoms with Crippen molar-refractivity contribution >= 4 is 21.6 Å². The second-order valence-corrected chi connectivity index (χ2v) is 8.08. The highest BCUT2D eigenvalue weighted by molar-refractivity contribution is 7.89. The average molecular weight is 448 g/mol. The third-order valence-corrected chi connectivity index (χ3v) is 5.44. The van der Waals surface area contributed by atoms with Crippen LogP contribution in [0.15, 0.2) is 47.4 Å². The third-order valence-electron chi connectivity index (χ3n) is 4.21. The Morgan fingerprint density at radius 3 is 2.24 bits per heavy atom. The molecule has 0 aliphatic heterocycles. The van der Waals surface area contributed by atoms with Crippen molar-refractivity contribution in [1.29, 1.82) is 0 Å². The molecule has 0 radical (unpaired) electrons. The zero-order valence-corrected chi connectivity index (χ0v) is 16.4. The van der Waals surface area contributed by atoms with Gasteiger partial charge in [-0.1, -0.05) is 24.6 Å². The Kier molecular flexibility index (Phi) is 5.46. The SMILES string of the molecule is CCc1c(C(F)(F)F)nn(-c2ccc(S(N)(=O)=O)cc2)c1-c1ccc(Cl)c(F)c1. The number of aromatic nitrogens is 2. The van der Waals surface area contributed by atoms with Gasteiger partial charge in [0.15, 0.2) is 5.69 Å². The number of alkyl halides is 3. The highest BCUT2D eigenvalue weighted by Crippen LogP contribution is 2.38. The van der Waals surface area contributed by atoms with E-state index in [1.165, 1.54) is 31.2 Å². The molecule has 2 N–H and O–H groups in total. The second-order valence-electron chi connectivity index (χ2n) is 6.11. The number of primary sulfonamides is 1. The molecule has 29 heavy (non-hydrogen) atoms. The van der Waals surface area contributed by atoms with Gasteiger partial charge in [0.05, 0.1) is 21.3 Å². The van der Waals surface area contributed by atoms with E-state index < -0.39 is 27.7 Å². The first kappa shape index (κ1) is 21.3. The van der Waals surface area contributed by atoms with Gasteiger partial charge in [0.1, 0.15) is 5.82 Å². The van der Waals surface area contributed by atoms with Gasteiger partial charge in [-0.15, -0.1) is 0 Å². The van der Waals surface area contributed by atoms with Crippen LogP contribution >= 0.6 is 11.6 Å². The van der Waals surface area contributed by atoms with Crippen LogP contribution in [0.2, 0.25) is 5.02 Å². The van der Waals surface area contributed by atoms with Gasteiger partial charge in [0, 0.05) is 11.1 Å². The standard InChI is InChI=1S/C18H14ClF4N3O2S/c1-2-13-16(10-3-8-14(19)15(20)9-10)26(25-17(13)18(21,22)23)11-4-6-12(7-5-11)29(24,27)28/h3-9H,2H2,1H3,(H2,24,27,28). The summed E-state index contributed by atoms with van der Waals surface area (Å²) in [5.41, 5.74) is -0.926. The largest absolute Gasteiger partial charge is 0.435 e. The fourth-order valence-electron chi connectivity index (χ4n) is 2.92. The molecule has 1 aromatic heterocycles. The van der Waals surface area contributed by atoms with E-state index in [9.17, 15) is 26.0 Å². The molecule has 1 heterocycles. The molecule has 0 aliphatic rings. The van der Waals surface area contributed by atoms with E-state index in [0.717, 1.165) is 22.9 Å². The van der Waals surface area contributed by atoms with Gasteiger partial charge in [0.25, 0.3) is 0 Å². The fraction of sp³-hybridized carbons (Fsp3) is 0.167. The zero-order chi connectivity index (χ0) is 21.6. The molecule has 3 aromatic rings. The number of halogens is 5. The Morgan fingerprint density at radius 1 is 1.14 bits per heavy atom. The van der Waals surface area contributed by atoms with Crippen molar-refractivity contribution < 1.29 is 26.0 Å². The van der Waals surface area contributed by atoms with Crippen LogP contribution < -0.4 is 5.14 Å². The molecule has 3 rings (SSSR count). The summed E-state index contributed by atoms with van der Waals surface area (Å²) < 4.78 is 78.5. The van der Waals surface area contributed by atoms with Crippen molar-refractivity contribution in [1.82, 2.24) is 9.78 Å². The molecule has 11 heteroatoms. The predicted octanol–water partition coefficient (Wildman–Crippen LogP) is 4.56. The Balaban J connectivity index is 2.30. The lowest BCUT2D eigenvalue weighted by Gasteiger charge is -2.11. The summed E-state index contributed by atoms with van der Waals surface area (Å²) in [5.74, 6) is -0.794. The van der Waals surface area contributed by atoms with Gasteiger partial charge in [-0.3, -0.25) is 0 Å². The molecule has 0 saturated carbocycles. The molecular weight excluding hydrogens is 434 g/mol. The Morgan fingerprint density at radius 2 is 1.76 bits per heavy atom. The molecule has 0 unspecified atom stereocenters. The summed E-state index contributed by atoms with van der Waals surface area (Å²) in [5, 5.41) is 8.57. The summed E-state index contributed by atoms with van der Waals surface area (Å²) in [6.45, 7) is 1.52. The van der Waals surface area contributed by atoms with Crippen LogP contribution in [0.3, 0.4) is 0 Å². The molecule has 154 valence electrons. The molecule has 0 aliphatic carbocycles. The zero-order valence-electron chi connectivity index (χ0n) is 14.8. The number of benzene rings is 2. The van der Waals surface area contributed by atoms with Crippen molar-refractivity contribution in [3.05, 3.63) is 64.6 Å². The molecule has 5 nitrogen and oxygen atoms in total. The predicted molar refractivity (Wildman–Crippen MR) is 99.7 cm³/mol. The van der Waals surface area contributed by atoms with E-state index in [2.05, 4.69) is 5.10 Å². The minimum absolute atomic E-state index is 0.0241. The van der Waals surface area contributed by atoms with E-state index in [1.54, 1.807) is 0 Å². The second kappa shape index (κ2) is 7.43. The topological polar surface area (TPSA) is 78.0 Å². The molecule has 2 aromatic carbocycles. The van der Waals surface area contributed by atoms with Crippen LogP contribution in [0.25, 0.3) is 16.9 Å². The van der Waals surface area contributed by atoms with E-state index >= 15 is 0 Å². The van der Waals surface area contributed by atoms with Gasteiger partial charge in [0.2, 0.25) is 10.0 Å². The quantitative estimate of drug-likeness (QED) is 0.595. The van der Waals surface area contributed by atoms with Crippen LogP contribution in [-0.4, -0.2) is 18.2 Å². The van der Waals surface area contributed by atoms with Crippen LogP contribution in [0.4, 0.5) is 17.6 Å². The lowest BCUT2D eigenvalue weighted by Crippen LogP contribution is -2.12. The summed E-state index contributed by atoms with van der Waals surface area (Å²) in [6.07, 6.45) is -4.76. The number of hydrogen-bond donors (Lipinski definition) is 1. The van der Waals surface area contributed by atoms with Gasteiger partial charge >= 0.3 is 6.18 Å². The Hall–Kier alpha value is -2.43. The van der Waals surface area contributed by atoms with Crippen LogP contribution in [-0.2, 0) is 22.6 Å². The van der Waals surface area contributed by atoms with Gasteiger partial charge < -0.3 is 0 Å². The van der Waals surface area contributed by atoms with E-state index in [-0.39, 0.29) is 38.8 Å². The highest BCUT2D eigenvalue weighted by atomic mass is 35.5. The number of sulfonamides is 1. The van der Waals surface area contributed by atoms with E-state index in [1.807, 2.05) is 0 Å². The maximum atomic E-state index is 14.0. The van der Waals surface area contributed by atoms with Crippen LogP contribution in [0, 0.1) is 5.82 Å². The van der Waals surface area contributed by atoms with Crippen molar-refractivity contribution in [2.24, 2.45) is 5.14 Å². The number of nitrogens with two attached hydrogens (primary N) is 1. The summed E-state index contributed by atoms with van der Waals surface area (Å²) >= 11 is 5.69. The molecule has 0 spiro atoms. The monoisotopic (exact) mass is 447 g/mol. The Bertz CT molecular complexity index is 1170. The molecule has 0 saturated heterocycles. The summed E-state index contributed by atoms with van der Waals surface area (Å²) in [4.78, 5) is -0.209. The lowest BCUT2D eigenvalue weighted by atomic mass is 10.0. The van der Waals surface area contributed by atoms with Crippen molar-refractivity contribution in [3.8, 4) is 16.9 Å². The Labute approximate surface area is 168 Å². The van der Waals surface area contributed by atoms with Gasteiger partial charge in [-0.25, -0.2) is 22.6 Å². The van der Waals surface area contributed by atoms with Crippen molar-refractivity contribution in [2.75, 3.05) is 0 Å². The first-order chi connectivity index (χ1) is 13.4. The molecular formula is C18H14ClF4N3O2S. The summed E-state index contributed by atoms with van der Waals surface area (Å²) in [7, 11) is -3.98. The summed E-state index contributed by atoms with van der Waals surface area (Å²) in [6, 6.07) is 8.48. The minimum Gasteiger partial charge on any atom is -0.232 e. The number of hydrogen-bond acceptors (Lipinski definition) is 3. The maximum absolute atomic E-state index is 14.0. The third kappa shape index (κ3) is 4.14. The minimum atomic E-state index is -4.74. The molecule has 0 amide bonds.